The van der Waals surface area contributed by atoms with Gasteiger partial charge in [-0.15, -0.1) is 0 Å². The van der Waals surface area contributed by atoms with Crippen molar-refractivity contribution in [2.75, 3.05) is 6.54 Å². The Morgan fingerprint density at radius 3 is 2.41 bits per heavy atom. The lowest BCUT2D eigenvalue weighted by Gasteiger charge is -2.26. The van der Waals surface area contributed by atoms with Gasteiger partial charge in [0.1, 0.15) is 0 Å². The molecule has 1 aliphatic rings. The van der Waals surface area contributed by atoms with Crippen molar-refractivity contribution in [3.63, 3.8) is 0 Å². The van der Waals surface area contributed by atoms with Crippen molar-refractivity contribution in [3.05, 3.63) is 0 Å². The summed E-state index contributed by atoms with van der Waals surface area (Å²) in [5, 5.41) is 20.8. The van der Waals surface area contributed by atoms with Gasteiger partial charge >= 0.3 is 5.97 Å². The zero-order valence-electron chi connectivity index (χ0n) is 10.6. The van der Waals surface area contributed by atoms with Crippen LogP contribution in [0.3, 0.4) is 0 Å². The molecule has 5 nitrogen and oxygen atoms in total. The molecule has 0 aromatic heterocycles. The maximum Gasteiger partial charge on any atom is 0.307 e. The van der Waals surface area contributed by atoms with Crippen LogP contribution in [0.2, 0.25) is 0 Å². The Kier molecular flexibility index (Phi) is 4.14. The van der Waals surface area contributed by atoms with Gasteiger partial charge in [0, 0.05) is 6.54 Å². The molecule has 0 heterocycles. The Balaban J connectivity index is 2.32. The van der Waals surface area contributed by atoms with E-state index in [0.29, 0.717) is 19.4 Å². The van der Waals surface area contributed by atoms with Gasteiger partial charge < -0.3 is 15.5 Å². The molecule has 0 bridgehead atoms. The molecule has 1 fully saturated rings. The number of carboxylic acid groups (broad SMARTS) is 1. The SMILES string of the molecule is CC(O)CC(C)(C)CNC(=O)C1CC1C(=O)O. The maximum atomic E-state index is 11.6. The van der Waals surface area contributed by atoms with E-state index in [0.717, 1.165) is 0 Å². The largest absolute Gasteiger partial charge is 0.481 e. The van der Waals surface area contributed by atoms with Crippen LogP contribution in [0.1, 0.15) is 33.6 Å². The van der Waals surface area contributed by atoms with Crippen LogP contribution in [0.4, 0.5) is 0 Å². The number of carboxylic acids is 1. The number of hydrogen-bond acceptors (Lipinski definition) is 3. The predicted octanol–water partition coefficient (Wildman–Crippen LogP) is 0.620. The minimum absolute atomic E-state index is 0.183. The van der Waals surface area contributed by atoms with Gasteiger partial charge in [-0.2, -0.15) is 0 Å². The minimum atomic E-state index is -0.895. The molecule has 0 aromatic rings. The molecule has 1 saturated carbocycles. The Hall–Kier alpha value is -1.10. The summed E-state index contributed by atoms with van der Waals surface area (Å²) < 4.78 is 0. The van der Waals surface area contributed by atoms with E-state index in [4.69, 9.17) is 5.11 Å². The number of carbonyl (C=O) groups is 2. The minimum Gasteiger partial charge on any atom is -0.481 e. The maximum absolute atomic E-state index is 11.6. The summed E-state index contributed by atoms with van der Waals surface area (Å²) >= 11 is 0. The summed E-state index contributed by atoms with van der Waals surface area (Å²) in [5.74, 6) is -1.95. The third-order valence-electron chi connectivity index (χ3n) is 3.03. The van der Waals surface area contributed by atoms with Crippen molar-refractivity contribution in [2.45, 2.75) is 39.7 Å². The second kappa shape index (κ2) is 5.04. The number of aliphatic hydroxyl groups is 1. The summed E-state index contributed by atoms with van der Waals surface area (Å²) in [6, 6.07) is 0. The zero-order valence-corrected chi connectivity index (χ0v) is 10.6. The molecule has 0 saturated heterocycles. The molecule has 0 spiro atoms. The highest BCUT2D eigenvalue weighted by molar-refractivity contribution is 5.89. The van der Waals surface area contributed by atoms with Gasteiger partial charge in [0.2, 0.25) is 5.91 Å². The normalized spacial score (nSPS) is 25.2. The molecular weight excluding hydrogens is 222 g/mol. The fraction of sp³-hybridized carbons (Fsp3) is 0.833. The number of hydrogen-bond donors (Lipinski definition) is 3. The second-order valence-electron chi connectivity index (χ2n) is 5.72. The Morgan fingerprint density at radius 1 is 1.41 bits per heavy atom. The Labute approximate surface area is 101 Å². The van der Waals surface area contributed by atoms with Crippen LogP contribution in [0.25, 0.3) is 0 Å². The first-order valence-corrected chi connectivity index (χ1v) is 5.91. The average Bonchev–Trinajstić information content (AvgIpc) is 2.91. The van der Waals surface area contributed by atoms with Gasteiger partial charge in [-0.1, -0.05) is 13.8 Å². The van der Waals surface area contributed by atoms with Crippen molar-refractivity contribution >= 4 is 11.9 Å². The van der Waals surface area contributed by atoms with Crippen LogP contribution in [-0.2, 0) is 9.59 Å². The van der Waals surface area contributed by atoms with E-state index in [9.17, 15) is 14.7 Å². The summed E-state index contributed by atoms with van der Waals surface area (Å²) in [7, 11) is 0. The van der Waals surface area contributed by atoms with E-state index in [1.165, 1.54) is 0 Å². The number of nitrogens with one attached hydrogen (secondary N) is 1. The first kappa shape index (κ1) is 14.0. The molecule has 0 radical (unpaired) electrons. The monoisotopic (exact) mass is 243 g/mol. The van der Waals surface area contributed by atoms with E-state index in [2.05, 4.69) is 5.32 Å². The highest BCUT2D eigenvalue weighted by atomic mass is 16.4. The molecular formula is C12H21NO4. The predicted molar refractivity (Wildman–Crippen MR) is 62.3 cm³/mol. The number of aliphatic carboxylic acids is 1. The van der Waals surface area contributed by atoms with E-state index in [1.807, 2.05) is 13.8 Å². The Morgan fingerprint density at radius 2 is 2.00 bits per heavy atom. The third kappa shape index (κ3) is 4.34. The fourth-order valence-electron chi connectivity index (χ4n) is 2.09. The lowest BCUT2D eigenvalue weighted by atomic mass is 9.87. The zero-order chi connectivity index (χ0) is 13.2. The topological polar surface area (TPSA) is 86.6 Å². The second-order valence-corrected chi connectivity index (χ2v) is 5.72. The van der Waals surface area contributed by atoms with Gasteiger partial charge in [-0.05, 0) is 25.2 Å². The number of amides is 1. The fourth-order valence-corrected chi connectivity index (χ4v) is 2.09. The quantitative estimate of drug-likeness (QED) is 0.638. The third-order valence-corrected chi connectivity index (χ3v) is 3.03. The van der Waals surface area contributed by atoms with Crippen LogP contribution in [0.5, 0.6) is 0 Å². The highest BCUT2D eigenvalue weighted by Gasteiger charge is 2.48. The molecule has 3 unspecified atom stereocenters. The molecule has 1 rings (SSSR count). The van der Waals surface area contributed by atoms with Gasteiger partial charge in [0.05, 0.1) is 17.9 Å². The van der Waals surface area contributed by atoms with E-state index < -0.39 is 18.0 Å². The molecule has 0 aliphatic heterocycles. The van der Waals surface area contributed by atoms with Crippen LogP contribution in [-0.4, -0.2) is 34.7 Å². The number of aliphatic hydroxyl groups excluding tert-OH is 1. The van der Waals surface area contributed by atoms with Crippen LogP contribution in [0, 0.1) is 17.3 Å². The number of carbonyl (C=O) groups excluding carboxylic acids is 1. The lowest BCUT2D eigenvalue weighted by Crippen LogP contribution is -2.37. The van der Waals surface area contributed by atoms with Gasteiger partial charge in [-0.3, -0.25) is 9.59 Å². The van der Waals surface area contributed by atoms with Crippen molar-refractivity contribution in [2.24, 2.45) is 17.3 Å². The van der Waals surface area contributed by atoms with Crippen molar-refractivity contribution in [1.29, 1.82) is 0 Å². The first-order chi connectivity index (χ1) is 7.73. The van der Waals surface area contributed by atoms with Crippen LogP contribution >= 0.6 is 0 Å². The van der Waals surface area contributed by atoms with E-state index >= 15 is 0 Å². The van der Waals surface area contributed by atoms with Crippen LogP contribution < -0.4 is 5.32 Å². The average molecular weight is 243 g/mol. The summed E-state index contributed by atoms with van der Waals surface area (Å²) in [6.07, 6.45) is 0.632. The smallest absolute Gasteiger partial charge is 0.307 e. The summed E-state index contributed by atoms with van der Waals surface area (Å²) in [4.78, 5) is 22.2. The molecule has 0 aromatic carbocycles. The van der Waals surface area contributed by atoms with Gasteiger partial charge in [0.15, 0.2) is 0 Å². The highest BCUT2D eigenvalue weighted by Crippen LogP contribution is 2.38. The summed E-state index contributed by atoms with van der Waals surface area (Å²) in [6.45, 7) is 6.09. The molecule has 5 heteroatoms. The molecule has 3 atom stereocenters. The van der Waals surface area contributed by atoms with Gasteiger partial charge in [0.25, 0.3) is 0 Å². The first-order valence-electron chi connectivity index (χ1n) is 5.91. The Bertz CT molecular complexity index is 312. The van der Waals surface area contributed by atoms with Crippen molar-refractivity contribution < 1.29 is 19.8 Å². The lowest BCUT2D eigenvalue weighted by molar-refractivity contribution is -0.140. The molecule has 98 valence electrons. The number of rotatable bonds is 6. The van der Waals surface area contributed by atoms with E-state index in [1.54, 1.807) is 6.92 Å². The van der Waals surface area contributed by atoms with E-state index in [-0.39, 0.29) is 17.2 Å². The standard InChI is InChI=1S/C12H21NO4/c1-7(14)5-12(2,3)6-13-10(15)8-4-9(8)11(16)17/h7-9,14H,4-6H2,1-3H3,(H,13,15)(H,16,17). The molecule has 1 aliphatic carbocycles. The van der Waals surface area contributed by atoms with Crippen LogP contribution in [0.15, 0.2) is 0 Å². The summed E-state index contributed by atoms with van der Waals surface area (Å²) in [5.41, 5.74) is -0.183. The van der Waals surface area contributed by atoms with Crippen molar-refractivity contribution in [3.8, 4) is 0 Å². The molecule has 17 heavy (non-hydrogen) atoms. The molecule has 3 N–H and O–H groups in total. The molecule has 1 amide bonds. The van der Waals surface area contributed by atoms with Gasteiger partial charge in [-0.25, -0.2) is 0 Å². The van der Waals surface area contributed by atoms with Crippen molar-refractivity contribution in [1.82, 2.24) is 5.32 Å².